The molecule has 0 bridgehead atoms. The second kappa shape index (κ2) is 5.61. The maximum Gasteiger partial charge on any atom is 0.254 e. The first-order chi connectivity index (χ1) is 10.1. The van der Waals surface area contributed by atoms with Crippen LogP contribution in [0.4, 0.5) is 5.13 Å². The van der Waals surface area contributed by atoms with E-state index in [1.54, 1.807) is 22.4 Å². The van der Waals surface area contributed by atoms with Crippen LogP contribution in [0.2, 0.25) is 0 Å². The Kier molecular flexibility index (Phi) is 3.66. The highest BCUT2D eigenvalue weighted by molar-refractivity contribution is 7.13. The van der Waals surface area contributed by atoms with Crippen molar-refractivity contribution in [3.63, 3.8) is 0 Å². The van der Waals surface area contributed by atoms with Crippen molar-refractivity contribution < 1.29 is 15.0 Å². The molecular formula is C14H15N3O3S. The molecule has 1 saturated heterocycles. The minimum Gasteiger partial charge on any atom is -0.504 e. The maximum absolute atomic E-state index is 12.4. The van der Waals surface area contributed by atoms with E-state index in [1.165, 1.54) is 18.2 Å². The van der Waals surface area contributed by atoms with Crippen LogP contribution in [-0.4, -0.2) is 52.2 Å². The summed E-state index contributed by atoms with van der Waals surface area (Å²) in [4.78, 5) is 20.5. The average Bonchev–Trinajstić information content (AvgIpc) is 3.04. The van der Waals surface area contributed by atoms with Crippen molar-refractivity contribution in [1.29, 1.82) is 0 Å². The molecule has 1 aliphatic rings. The Bertz CT molecular complexity index is 637. The second-order valence-electron chi connectivity index (χ2n) is 4.80. The van der Waals surface area contributed by atoms with Gasteiger partial charge in [0.15, 0.2) is 16.6 Å². The molecule has 0 saturated carbocycles. The Morgan fingerprint density at radius 2 is 1.90 bits per heavy atom. The van der Waals surface area contributed by atoms with Crippen LogP contribution in [0.25, 0.3) is 0 Å². The number of hydrogen-bond acceptors (Lipinski definition) is 6. The van der Waals surface area contributed by atoms with Crippen LogP contribution in [0.1, 0.15) is 10.4 Å². The number of hydrogen-bond donors (Lipinski definition) is 2. The summed E-state index contributed by atoms with van der Waals surface area (Å²) in [7, 11) is 0. The summed E-state index contributed by atoms with van der Waals surface area (Å²) in [6.07, 6.45) is 1.77. The number of aromatic hydroxyl groups is 2. The summed E-state index contributed by atoms with van der Waals surface area (Å²) in [5.74, 6) is -0.633. The van der Waals surface area contributed by atoms with Crippen LogP contribution in [0.5, 0.6) is 11.5 Å². The van der Waals surface area contributed by atoms with Gasteiger partial charge >= 0.3 is 0 Å². The molecule has 2 N–H and O–H groups in total. The number of thiazole rings is 1. The first-order valence-electron chi connectivity index (χ1n) is 6.61. The number of piperazine rings is 1. The molecular weight excluding hydrogens is 290 g/mol. The molecule has 3 rings (SSSR count). The van der Waals surface area contributed by atoms with Gasteiger partial charge in [0.1, 0.15) is 0 Å². The lowest BCUT2D eigenvalue weighted by atomic mass is 10.1. The van der Waals surface area contributed by atoms with Gasteiger partial charge < -0.3 is 20.0 Å². The van der Waals surface area contributed by atoms with Gasteiger partial charge in [-0.1, -0.05) is 0 Å². The molecule has 1 amide bonds. The van der Waals surface area contributed by atoms with Crippen LogP contribution in [0, 0.1) is 0 Å². The number of nitrogens with zero attached hydrogens (tertiary/aromatic N) is 3. The van der Waals surface area contributed by atoms with E-state index >= 15 is 0 Å². The van der Waals surface area contributed by atoms with Crippen molar-refractivity contribution in [3.05, 3.63) is 35.3 Å². The van der Waals surface area contributed by atoms with E-state index in [0.717, 1.165) is 18.2 Å². The van der Waals surface area contributed by atoms with Crippen molar-refractivity contribution in [3.8, 4) is 11.5 Å². The van der Waals surface area contributed by atoms with Crippen LogP contribution in [0.3, 0.4) is 0 Å². The zero-order valence-electron chi connectivity index (χ0n) is 11.3. The number of aromatic nitrogens is 1. The van der Waals surface area contributed by atoms with Gasteiger partial charge in [-0.3, -0.25) is 4.79 Å². The fourth-order valence-corrected chi connectivity index (χ4v) is 3.01. The largest absolute Gasteiger partial charge is 0.504 e. The van der Waals surface area contributed by atoms with E-state index in [9.17, 15) is 15.0 Å². The van der Waals surface area contributed by atoms with Crippen LogP contribution in [-0.2, 0) is 0 Å². The molecule has 2 aromatic rings. The molecule has 21 heavy (non-hydrogen) atoms. The lowest BCUT2D eigenvalue weighted by Crippen LogP contribution is -2.48. The monoisotopic (exact) mass is 305 g/mol. The highest BCUT2D eigenvalue weighted by Crippen LogP contribution is 2.26. The van der Waals surface area contributed by atoms with Crippen molar-refractivity contribution in [2.45, 2.75) is 0 Å². The minimum atomic E-state index is -0.276. The number of carbonyl (C=O) groups is 1. The van der Waals surface area contributed by atoms with E-state index in [1.807, 2.05) is 5.38 Å². The molecule has 7 heteroatoms. The predicted molar refractivity (Wildman–Crippen MR) is 80.0 cm³/mol. The quantitative estimate of drug-likeness (QED) is 0.823. The highest BCUT2D eigenvalue weighted by Gasteiger charge is 2.23. The van der Waals surface area contributed by atoms with E-state index in [4.69, 9.17) is 0 Å². The van der Waals surface area contributed by atoms with Crippen molar-refractivity contribution in [2.75, 3.05) is 31.1 Å². The Hall–Kier alpha value is -2.28. The molecule has 1 aromatic carbocycles. The van der Waals surface area contributed by atoms with E-state index in [0.29, 0.717) is 18.7 Å². The van der Waals surface area contributed by atoms with E-state index in [-0.39, 0.29) is 17.4 Å². The first-order valence-corrected chi connectivity index (χ1v) is 7.49. The van der Waals surface area contributed by atoms with Gasteiger partial charge in [-0.2, -0.15) is 0 Å². The Labute approximate surface area is 125 Å². The number of benzene rings is 1. The Morgan fingerprint density at radius 3 is 2.52 bits per heavy atom. The van der Waals surface area contributed by atoms with Gasteiger partial charge in [0.05, 0.1) is 0 Å². The maximum atomic E-state index is 12.4. The molecule has 0 atom stereocenters. The first kappa shape index (κ1) is 13.7. The van der Waals surface area contributed by atoms with Gasteiger partial charge in [-0.15, -0.1) is 11.3 Å². The number of phenols is 2. The second-order valence-corrected chi connectivity index (χ2v) is 5.67. The molecule has 1 fully saturated rings. The molecule has 0 radical (unpaired) electrons. The summed E-state index contributed by atoms with van der Waals surface area (Å²) in [5.41, 5.74) is 0.382. The molecule has 2 heterocycles. The zero-order chi connectivity index (χ0) is 14.8. The van der Waals surface area contributed by atoms with E-state index in [2.05, 4.69) is 9.88 Å². The SMILES string of the molecule is O=C(c1ccc(O)c(O)c1)N1CCN(c2nccs2)CC1. The van der Waals surface area contributed by atoms with Crippen LogP contribution in [0.15, 0.2) is 29.8 Å². The number of rotatable bonds is 2. The van der Waals surface area contributed by atoms with Crippen LogP contribution < -0.4 is 4.90 Å². The highest BCUT2D eigenvalue weighted by atomic mass is 32.1. The molecule has 0 unspecified atom stereocenters. The summed E-state index contributed by atoms with van der Waals surface area (Å²) in [6.45, 7) is 2.70. The third-order valence-electron chi connectivity index (χ3n) is 3.48. The van der Waals surface area contributed by atoms with Gasteiger partial charge in [0.2, 0.25) is 0 Å². The Balaban J connectivity index is 1.66. The fraction of sp³-hybridized carbons (Fsp3) is 0.286. The summed E-state index contributed by atoms with van der Waals surface area (Å²) in [6, 6.07) is 4.14. The molecule has 1 aliphatic heterocycles. The summed E-state index contributed by atoms with van der Waals surface area (Å²) < 4.78 is 0. The van der Waals surface area contributed by atoms with Crippen molar-refractivity contribution >= 4 is 22.4 Å². The smallest absolute Gasteiger partial charge is 0.254 e. The molecule has 6 nitrogen and oxygen atoms in total. The number of carbonyl (C=O) groups excluding carboxylic acids is 1. The topological polar surface area (TPSA) is 76.9 Å². The number of phenolic OH excluding ortho intramolecular Hbond substituents is 2. The lowest BCUT2D eigenvalue weighted by Gasteiger charge is -2.34. The lowest BCUT2D eigenvalue weighted by molar-refractivity contribution is 0.0746. The summed E-state index contributed by atoms with van der Waals surface area (Å²) in [5, 5.41) is 21.7. The number of anilines is 1. The Morgan fingerprint density at radius 1 is 1.14 bits per heavy atom. The van der Waals surface area contributed by atoms with Gasteiger partial charge in [-0.05, 0) is 18.2 Å². The van der Waals surface area contributed by atoms with Gasteiger partial charge in [0.25, 0.3) is 5.91 Å². The van der Waals surface area contributed by atoms with Crippen molar-refractivity contribution in [2.24, 2.45) is 0 Å². The van der Waals surface area contributed by atoms with Gasteiger partial charge in [-0.25, -0.2) is 4.98 Å². The normalized spacial score (nSPS) is 15.2. The van der Waals surface area contributed by atoms with Crippen molar-refractivity contribution in [1.82, 2.24) is 9.88 Å². The average molecular weight is 305 g/mol. The third-order valence-corrected chi connectivity index (χ3v) is 4.31. The molecule has 1 aromatic heterocycles. The minimum absolute atomic E-state index is 0.135. The third kappa shape index (κ3) is 2.78. The number of amides is 1. The van der Waals surface area contributed by atoms with Gasteiger partial charge in [0, 0.05) is 43.3 Å². The molecule has 0 spiro atoms. The predicted octanol–water partition coefficient (Wildman–Crippen LogP) is 1.52. The fourth-order valence-electron chi connectivity index (χ4n) is 2.31. The van der Waals surface area contributed by atoms with Crippen LogP contribution >= 0.6 is 11.3 Å². The molecule has 110 valence electrons. The summed E-state index contributed by atoms with van der Waals surface area (Å²) >= 11 is 1.59. The zero-order valence-corrected chi connectivity index (χ0v) is 12.1. The molecule has 0 aliphatic carbocycles. The van der Waals surface area contributed by atoms with E-state index < -0.39 is 0 Å². The standard InChI is InChI=1S/C14H15N3O3S/c18-11-2-1-10(9-12(11)19)13(20)16-4-6-17(7-5-16)14-15-3-8-21-14/h1-3,8-9,18-19H,4-7H2.